The van der Waals surface area contributed by atoms with Crippen molar-refractivity contribution < 1.29 is 0 Å². The average molecular weight is 1610 g/mol. The molecule has 0 saturated carbocycles. The standard InChI is InChI=1S/C103H122N8Si5/c1-98(2,3)112(17,18)107-88-42-32-27-37-78(88)83-65-73(51-56-93(83)107)104(70-47-49-71(50-48-70)105(74-52-57-94-84(66-74)79-38-28-33-43-89(79)108(94)113(19,20)99(4,5)6)75-53-58-95-85(67-75)80-39-29-34-44-90(80)109(95)114(21,22)100(7,8)9)72-61-63-103(16,64-62-72)106(76-54-59-96-86(68-76)81-40-30-35-45-91(81)110(96)115(23,24)101(10,11)12)77-55-60-97-87(69-77)82-41-31-36-46-92(82)111(97)116(25,26)102(13,14)15/h27-63,65-69H,64H2,1-26H3. The molecular weight excluding hydrogens is 1490 g/mol. The fraction of sp³-hybridized carbons (Fsp3) is 0.320. The fourth-order valence-electron chi connectivity index (χ4n) is 18.6. The molecule has 17 rings (SSSR count). The third-order valence-corrected chi connectivity index (χ3v) is 56.4. The van der Waals surface area contributed by atoms with Crippen LogP contribution in [-0.4, -0.2) is 67.9 Å². The SMILES string of the molecule is CC1(N(c2ccc3c(c2)c2ccccc2n3[Si](C)(C)C(C)(C)C)c2ccc3c(c2)c2ccccc2n3[Si](C)(C)C(C)(C)C)C=CC(N(c2ccc(N(c3ccc4c(c3)c3ccccc3n4[Si](C)(C)C(C)(C)C)c3ccc4c(c3)c3ccccc3n4[Si](C)(C)C(C)(C)C)cc2)c2ccc3c(c2)c2ccccc2n3[Si](C)(C)C(C)(C)C)=CC1. The molecule has 5 aromatic heterocycles. The summed E-state index contributed by atoms with van der Waals surface area (Å²) < 4.78 is 13.8. The first-order chi connectivity index (χ1) is 54.4. The van der Waals surface area contributed by atoms with Gasteiger partial charge in [0.15, 0.2) is 41.2 Å². The van der Waals surface area contributed by atoms with E-state index in [1.807, 2.05) is 0 Å². The predicted molar refractivity (Wildman–Crippen MR) is 523 cm³/mol. The van der Waals surface area contributed by atoms with Gasteiger partial charge in [-0.1, -0.05) is 272 Å². The second-order valence-electron chi connectivity index (χ2n) is 41.9. The molecule has 1 aliphatic rings. The Balaban J connectivity index is 0.865. The normalized spacial score (nSPS) is 15.5. The van der Waals surface area contributed by atoms with Gasteiger partial charge in [-0.2, -0.15) is 0 Å². The molecule has 594 valence electrons. The van der Waals surface area contributed by atoms with E-state index in [1.54, 1.807) is 0 Å². The van der Waals surface area contributed by atoms with Crippen molar-refractivity contribution in [1.29, 1.82) is 0 Å². The highest BCUT2D eigenvalue weighted by Gasteiger charge is 2.46. The van der Waals surface area contributed by atoms with Crippen LogP contribution in [0.5, 0.6) is 0 Å². The maximum atomic E-state index is 2.76. The molecule has 8 nitrogen and oxygen atoms in total. The van der Waals surface area contributed by atoms with Gasteiger partial charge >= 0.3 is 0 Å². The predicted octanol–water partition coefficient (Wildman–Crippen LogP) is 31.5. The molecular formula is C103H122N8Si5. The van der Waals surface area contributed by atoms with Crippen molar-refractivity contribution in [1.82, 2.24) is 21.2 Å². The Morgan fingerprint density at radius 2 is 0.457 bits per heavy atom. The van der Waals surface area contributed by atoms with E-state index in [-0.39, 0.29) is 25.2 Å². The van der Waals surface area contributed by atoms with Crippen LogP contribution >= 0.6 is 0 Å². The lowest BCUT2D eigenvalue weighted by Gasteiger charge is -2.43. The van der Waals surface area contributed by atoms with Crippen LogP contribution in [0.2, 0.25) is 90.7 Å². The Hall–Kier alpha value is -9.62. The molecule has 0 N–H and O–H groups in total. The second kappa shape index (κ2) is 26.7. The molecule has 11 aromatic carbocycles. The molecule has 16 aromatic rings. The van der Waals surface area contributed by atoms with E-state index in [1.165, 1.54) is 120 Å². The van der Waals surface area contributed by atoms with Crippen molar-refractivity contribution in [3.8, 4) is 0 Å². The summed E-state index contributed by atoms with van der Waals surface area (Å²) in [5.74, 6) is 0. The van der Waals surface area contributed by atoms with Crippen molar-refractivity contribution in [2.75, 3.05) is 14.7 Å². The summed E-state index contributed by atoms with van der Waals surface area (Å²) >= 11 is 0. The van der Waals surface area contributed by atoms with Crippen LogP contribution in [0.3, 0.4) is 0 Å². The van der Waals surface area contributed by atoms with Gasteiger partial charge in [0.2, 0.25) is 0 Å². The molecule has 5 heterocycles. The zero-order chi connectivity index (χ0) is 82.7. The fourth-order valence-corrected chi connectivity index (χ4v) is 29.9. The van der Waals surface area contributed by atoms with Crippen molar-refractivity contribution >= 4 is 190 Å². The lowest BCUT2D eigenvalue weighted by atomic mass is 9.88. The third kappa shape index (κ3) is 12.0. The van der Waals surface area contributed by atoms with E-state index in [9.17, 15) is 0 Å². The number of fused-ring (bicyclic) bond motifs is 15. The van der Waals surface area contributed by atoms with Crippen LogP contribution in [-0.2, 0) is 0 Å². The smallest absolute Gasteiger partial charge is 0.161 e. The number of para-hydroxylation sites is 5. The van der Waals surface area contributed by atoms with Crippen LogP contribution in [0.25, 0.3) is 109 Å². The van der Waals surface area contributed by atoms with Crippen molar-refractivity contribution in [3.63, 3.8) is 0 Å². The Bertz CT molecular complexity index is 6440. The Morgan fingerprint density at radius 1 is 0.250 bits per heavy atom. The van der Waals surface area contributed by atoms with Crippen LogP contribution in [0.1, 0.15) is 117 Å². The first kappa shape index (κ1) is 78.9. The van der Waals surface area contributed by atoms with Crippen LogP contribution < -0.4 is 14.7 Å². The maximum Gasteiger partial charge on any atom is 0.161 e. The Morgan fingerprint density at radius 3 is 0.698 bits per heavy atom. The highest BCUT2D eigenvalue weighted by atomic mass is 28.3. The van der Waals surface area contributed by atoms with E-state index in [0.29, 0.717) is 0 Å². The van der Waals surface area contributed by atoms with Gasteiger partial charge in [0.1, 0.15) is 0 Å². The topological polar surface area (TPSA) is 34.4 Å². The summed E-state index contributed by atoms with van der Waals surface area (Å²) in [5, 5.41) is 13.4. The van der Waals surface area contributed by atoms with Gasteiger partial charge in [0.05, 0.1) is 5.54 Å². The van der Waals surface area contributed by atoms with Gasteiger partial charge < -0.3 is 35.9 Å². The zero-order valence-electron chi connectivity index (χ0n) is 74.0. The van der Waals surface area contributed by atoms with Gasteiger partial charge in [-0.15, -0.1) is 0 Å². The summed E-state index contributed by atoms with van der Waals surface area (Å²) in [4.78, 5) is 7.78. The molecule has 13 heteroatoms. The molecule has 0 bridgehead atoms. The van der Waals surface area contributed by atoms with Crippen LogP contribution in [0.4, 0.5) is 39.8 Å². The molecule has 0 saturated heterocycles. The number of hydrogen-bond donors (Lipinski definition) is 0. The summed E-state index contributed by atoms with van der Waals surface area (Å²) in [6.45, 7) is 64.6. The molecule has 0 radical (unpaired) electrons. The Kier molecular flexibility index (Phi) is 18.2. The van der Waals surface area contributed by atoms with Gasteiger partial charge in [-0.3, -0.25) is 0 Å². The minimum Gasteiger partial charge on any atom is -0.368 e. The molecule has 0 fully saturated rings. The summed E-state index contributed by atoms with van der Waals surface area (Å²) in [7, 11) is -10.7. The second-order valence-corrected chi connectivity index (χ2v) is 67.2. The average Bonchev–Trinajstić information content (AvgIpc) is 1.58. The minimum absolute atomic E-state index is 0.0930. The molecule has 116 heavy (non-hydrogen) atoms. The number of aromatic nitrogens is 5. The molecule has 0 spiro atoms. The highest BCUT2D eigenvalue weighted by Crippen LogP contribution is 2.53. The zero-order valence-corrected chi connectivity index (χ0v) is 79.0. The maximum absolute atomic E-state index is 2.76. The van der Waals surface area contributed by atoms with Gasteiger partial charge in [-0.05, 0) is 190 Å². The third-order valence-electron chi connectivity index (χ3n) is 30.0. The lowest BCUT2D eigenvalue weighted by molar-refractivity contribution is 0.567. The monoisotopic (exact) mass is 1610 g/mol. The van der Waals surface area contributed by atoms with E-state index in [0.717, 1.165) is 40.6 Å². The van der Waals surface area contributed by atoms with E-state index in [4.69, 9.17) is 0 Å². The number of hydrogen-bond acceptors (Lipinski definition) is 3. The van der Waals surface area contributed by atoms with Gasteiger partial charge in [-0.25, -0.2) is 0 Å². The highest BCUT2D eigenvalue weighted by molar-refractivity contribution is 6.82. The quantitative estimate of drug-likeness (QED) is 0.102. The number of anilines is 7. The van der Waals surface area contributed by atoms with Crippen LogP contribution in [0, 0.1) is 0 Å². The first-order valence-electron chi connectivity index (χ1n) is 42.5. The molecule has 1 unspecified atom stereocenters. The van der Waals surface area contributed by atoms with E-state index in [2.05, 4.69) is 467 Å². The molecule has 1 atom stereocenters. The molecule has 1 aliphatic carbocycles. The van der Waals surface area contributed by atoms with Crippen LogP contribution in [0.15, 0.2) is 261 Å². The first-order valence-corrected chi connectivity index (χ1v) is 57.2. The van der Waals surface area contributed by atoms with E-state index >= 15 is 0 Å². The molecule has 0 aliphatic heterocycles. The van der Waals surface area contributed by atoms with Gasteiger partial charge in [0, 0.05) is 155 Å². The lowest BCUT2D eigenvalue weighted by Crippen LogP contribution is -2.45. The number of benzene rings is 11. The number of nitrogens with zero attached hydrogens (tertiary/aromatic N) is 8. The minimum atomic E-state index is -2.16. The van der Waals surface area contributed by atoms with Crippen molar-refractivity contribution in [2.24, 2.45) is 0 Å². The summed E-state index contributed by atoms with van der Waals surface area (Å²) in [6.07, 6.45) is 8.26. The summed E-state index contributed by atoms with van der Waals surface area (Å²) in [5.41, 5.74) is 21.6. The van der Waals surface area contributed by atoms with Gasteiger partial charge in [0.25, 0.3) is 0 Å². The largest absolute Gasteiger partial charge is 0.368 e. The number of rotatable bonds is 14. The van der Waals surface area contributed by atoms with Crippen molar-refractivity contribution in [3.05, 3.63) is 261 Å². The van der Waals surface area contributed by atoms with E-state index < -0.39 is 46.7 Å². The summed E-state index contributed by atoms with van der Waals surface area (Å²) in [6, 6.07) is 92.4. The Labute approximate surface area is 694 Å². The number of allylic oxidation sites excluding steroid dienone is 1. The van der Waals surface area contributed by atoms with Crippen molar-refractivity contribution in [2.45, 2.75) is 213 Å². The molecule has 0 amide bonds.